The Hall–Kier alpha value is -3.90. The third-order valence-corrected chi connectivity index (χ3v) is 9.95. The van der Waals surface area contributed by atoms with E-state index in [-0.39, 0.29) is 28.9 Å². The van der Waals surface area contributed by atoms with Crippen molar-refractivity contribution in [3.8, 4) is 22.9 Å². The van der Waals surface area contributed by atoms with E-state index in [1.165, 1.54) is 12.4 Å². The van der Waals surface area contributed by atoms with Crippen LogP contribution in [0.3, 0.4) is 0 Å². The van der Waals surface area contributed by atoms with Gasteiger partial charge in [-0.05, 0) is 31.9 Å². The number of halogens is 2. The lowest BCUT2D eigenvalue weighted by Crippen LogP contribution is -2.44. The molecule has 2 atom stereocenters. The lowest BCUT2D eigenvalue weighted by molar-refractivity contribution is 0.255. The second-order valence-corrected chi connectivity index (χ2v) is 13.1. The summed E-state index contributed by atoms with van der Waals surface area (Å²) >= 11 is 0. The van der Waals surface area contributed by atoms with Gasteiger partial charge < -0.3 is 15.4 Å². The van der Waals surface area contributed by atoms with Gasteiger partial charge in [0.2, 0.25) is 15.9 Å². The Morgan fingerprint density at radius 3 is 2.53 bits per heavy atom. The third-order valence-electron chi connectivity index (χ3n) is 8.11. The number of benzene rings is 2. The van der Waals surface area contributed by atoms with E-state index in [4.69, 9.17) is 4.74 Å². The van der Waals surface area contributed by atoms with Crippen LogP contribution >= 0.6 is 0 Å². The van der Waals surface area contributed by atoms with Gasteiger partial charge in [-0.15, -0.1) is 0 Å². The number of anilines is 2. The summed E-state index contributed by atoms with van der Waals surface area (Å²) in [6, 6.07) is 10.4. The average molecular weight is 609 g/mol. The fourth-order valence-electron chi connectivity index (χ4n) is 5.90. The Bertz CT molecular complexity index is 1730. The van der Waals surface area contributed by atoms with E-state index in [1.54, 1.807) is 49.5 Å². The van der Waals surface area contributed by atoms with Crippen molar-refractivity contribution in [2.75, 3.05) is 23.1 Å². The molecule has 0 amide bonds. The molecule has 4 aromatic rings. The first-order valence-corrected chi connectivity index (χ1v) is 16.1. The average Bonchev–Trinajstić information content (AvgIpc) is 3.02. The SMILES string of the molecule is Cc1c(F)c(NS(=O)(=O)C2CCCCC2)c2ccccc2c1Oc1nccnc1-c1ccnc(NC2CNCC(F)C2)c1. The largest absolute Gasteiger partial charge is 0.436 e. The number of pyridine rings is 1. The van der Waals surface area contributed by atoms with Gasteiger partial charge in [-0.3, -0.25) is 4.72 Å². The van der Waals surface area contributed by atoms with Crippen LogP contribution in [0.5, 0.6) is 11.6 Å². The van der Waals surface area contributed by atoms with Crippen molar-refractivity contribution < 1.29 is 21.9 Å². The predicted molar refractivity (Wildman–Crippen MR) is 163 cm³/mol. The smallest absolute Gasteiger partial charge is 0.246 e. The fourth-order valence-corrected chi connectivity index (χ4v) is 7.50. The standard InChI is InChI=1S/C31H34F2N6O3S/c1-19-27(33)29(39-43(40,41)23-7-3-2-4-8-23)24-9-5-6-10-25(24)30(19)42-31-28(36-13-14-37-31)20-11-12-35-26(15-20)38-22-16-21(32)17-34-18-22/h5-6,9-15,21-23,34,39H,2-4,7-8,16-18H2,1H3,(H,35,38). The lowest BCUT2D eigenvalue weighted by Gasteiger charge is -2.26. The minimum atomic E-state index is -3.79. The minimum Gasteiger partial charge on any atom is -0.436 e. The first-order valence-electron chi connectivity index (χ1n) is 14.6. The highest BCUT2D eigenvalue weighted by molar-refractivity contribution is 7.93. The topological polar surface area (TPSA) is 118 Å². The summed E-state index contributed by atoms with van der Waals surface area (Å²) < 4.78 is 65.3. The van der Waals surface area contributed by atoms with E-state index >= 15 is 4.39 Å². The molecule has 1 saturated heterocycles. The molecule has 0 bridgehead atoms. The normalized spacial score (nSPS) is 19.7. The van der Waals surface area contributed by atoms with Crippen molar-refractivity contribution >= 4 is 32.3 Å². The lowest BCUT2D eigenvalue weighted by atomic mass is 10.0. The van der Waals surface area contributed by atoms with Crippen molar-refractivity contribution in [3.63, 3.8) is 0 Å². The van der Waals surface area contributed by atoms with Gasteiger partial charge in [-0.1, -0.05) is 43.5 Å². The summed E-state index contributed by atoms with van der Waals surface area (Å²) in [7, 11) is -3.79. The molecule has 6 rings (SSSR count). The molecule has 226 valence electrons. The number of piperidine rings is 1. The molecule has 1 saturated carbocycles. The van der Waals surface area contributed by atoms with Crippen LogP contribution in [0.1, 0.15) is 44.1 Å². The number of aromatic nitrogens is 3. The second kappa shape index (κ2) is 12.4. The van der Waals surface area contributed by atoms with Crippen molar-refractivity contribution in [1.82, 2.24) is 20.3 Å². The van der Waals surface area contributed by atoms with Gasteiger partial charge in [-0.2, -0.15) is 0 Å². The maximum absolute atomic E-state index is 16.0. The first-order chi connectivity index (χ1) is 20.8. The van der Waals surface area contributed by atoms with Crippen LogP contribution in [-0.2, 0) is 10.0 Å². The molecule has 2 fully saturated rings. The van der Waals surface area contributed by atoms with E-state index in [0.717, 1.165) is 19.3 Å². The molecule has 0 radical (unpaired) electrons. The Kier molecular flexibility index (Phi) is 8.40. The quantitative estimate of drug-likeness (QED) is 0.219. The zero-order valence-corrected chi connectivity index (χ0v) is 24.6. The number of hydrogen-bond donors (Lipinski definition) is 3. The highest BCUT2D eigenvalue weighted by Crippen LogP contribution is 2.42. The molecule has 2 aromatic carbocycles. The van der Waals surface area contributed by atoms with Gasteiger partial charge >= 0.3 is 0 Å². The molecule has 2 unspecified atom stereocenters. The number of fused-ring (bicyclic) bond motifs is 1. The van der Waals surface area contributed by atoms with Crippen LogP contribution < -0.4 is 20.1 Å². The molecule has 1 aliphatic carbocycles. The van der Waals surface area contributed by atoms with Crippen molar-refractivity contribution in [2.45, 2.75) is 62.9 Å². The second-order valence-electron chi connectivity index (χ2n) is 11.2. The van der Waals surface area contributed by atoms with Gasteiger partial charge in [0.05, 0.1) is 10.9 Å². The summed E-state index contributed by atoms with van der Waals surface area (Å²) in [5, 5.41) is 6.70. The van der Waals surface area contributed by atoms with Crippen molar-refractivity contribution in [1.29, 1.82) is 0 Å². The van der Waals surface area contributed by atoms with Crippen molar-refractivity contribution in [2.24, 2.45) is 0 Å². The molecule has 0 spiro atoms. The van der Waals surface area contributed by atoms with E-state index in [2.05, 4.69) is 30.3 Å². The molecule has 2 aromatic heterocycles. The maximum atomic E-state index is 16.0. The van der Waals surface area contributed by atoms with Crippen LogP contribution in [0.2, 0.25) is 0 Å². The Morgan fingerprint density at radius 1 is 0.977 bits per heavy atom. The summed E-state index contributed by atoms with van der Waals surface area (Å²) in [6.45, 7) is 2.51. The summed E-state index contributed by atoms with van der Waals surface area (Å²) in [5.41, 5.74) is 1.12. The maximum Gasteiger partial charge on any atom is 0.246 e. The monoisotopic (exact) mass is 608 g/mol. The van der Waals surface area contributed by atoms with Crippen molar-refractivity contribution in [3.05, 3.63) is 66.4 Å². The van der Waals surface area contributed by atoms with Crippen LogP contribution in [-0.4, -0.2) is 53.9 Å². The highest BCUT2D eigenvalue weighted by Gasteiger charge is 2.30. The Balaban J connectivity index is 1.34. The molecule has 1 aliphatic heterocycles. The van der Waals surface area contributed by atoms with Crippen LogP contribution in [0, 0.1) is 12.7 Å². The minimum absolute atomic E-state index is 0.0806. The number of nitrogens with one attached hydrogen (secondary N) is 3. The molecular formula is C31H34F2N6O3S. The van der Waals surface area contributed by atoms with E-state index in [9.17, 15) is 12.8 Å². The Labute approximate surface area is 249 Å². The molecule has 3 heterocycles. The van der Waals surface area contributed by atoms with E-state index in [0.29, 0.717) is 60.2 Å². The summed E-state index contributed by atoms with van der Waals surface area (Å²) in [6.07, 6.45) is 7.89. The molecule has 2 aliphatic rings. The number of ether oxygens (including phenoxy) is 1. The number of hydrogen-bond acceptors (Lipinski definition) is 8. The summed E-state index contributed by atoms with van der Waals surface area (Å²) in [5.74, 6) is 0.203. The first kappa shape index (κ1) is 29.2. The fraction of sp³-hybridized carbons (Fsp3) is 0.387. The molecule has 9 nitrogen and oxygen atoms in total. The van der Waals surface area contributed by atoms with Gasteiger partial charge in [0.1, 0.15) is 23.4 Å². The summed E-state index contributed by atoms with van der Waals surface area (Å²) in [4.78, 5) is 13.3. The number of rotatable bonds is 8. The number of alkyl halides is 1. The molecule has 43 heavy (non-hydrogen) atoms. The van der Waals surface area contributed by atoms with Crippen LogP contribution in [0.25, 0.3) is 22.0 Å². The molecule has 3 N–H and O–H groups in total. The predicted octanol–water partition coefficient (Wildman–Crippen LogP) is 6.12. The van der Waals surface area contributed by atoms with Crippen LogP contribution in [0.15, 0.2) is 55.0 Å². The van der Waals surface area contributed by atoms with Crippen LogP contribution in [0.4, 0.5) is 20.3 Å². The Morgan fingerprint density at radius 2 is 1.74 bits per heavy atom. The van der Waals surface area contributed by atoms with Gasteiger partial charge in [0.15, 0.2) is 5.82 Å². The third kappa shape index (κ3) is 6.25. The van der Waals surface area contributed by atoms with E-state index < -0.39 is 27.3 Å². The molecular weight excluding hydrogens is 574 g/mol. The zero-order valence-electron chi connectivity index (χ0n) is 23.8. The zero-order chi connectivity index (χ0) is 30.0. The number of nitrogens with zero attached hydrogens (tertiary/aromatic N) is 3. The van der Waals surface area contributed by atoms with Gasteiger partial charge in [0.25, 0.3) is 0 Å². The number of sulfonamides is 1. The van der Waals surface area contributed by atoms with Gasteiger partial charge in [-0.25, -0.2) is 32.2 Å². The highest BCUT2D eigenvalue weighted by atomic mass is 32.2. The van der Waals surface area contributed by atoms with E-state index in [1.807, 2.05) is 0 Å². The molecule has 12 heteroatoms. The van der Waals surface area contributed by atoms with Gasteiger partial charge in [0, 0.05) is 66.0 Å².